The third-order valence-electron chi connectivity index (χ3n) is 5.23. The smallest absolute Gasteiger partial charge is 0.338 e. The van der Waals surface area contributed by atoms with Crippen LogP contribution in [-0.4, -0.2) is 26.5 Å². The van der Waals surface area contributed by atoms with Crippen molar-refractivity contribution in [3.05, 3.63) is 92.3 Å². The molecule has 0 atom stereocenters. The maximum Gasteiger partial charge on any atom is 0.338 e. The number of carbonyl (C=O) groups excluding carboxylic acids is 2. The van der Waals surface area contributed by atoms with Crippen molar-refractivity contribution in [1.29, 1.82) is 0 Å². The summed E-state index contributed by atoms with van der Waals surface area (Å²) in [6, 6.07) is 15.1. The highest BCUT2D eigenvalue weighted by molar-refractivity contribution is 7.16. The first kappa shape index (κ1) is 21.0. The number of amides is 1. The van der Waals surface area contributed by atoms with Crippen molar-refractivity contribution in [2.24, 2.45) is 0 Å². The Bertz CT molecular complexity index is 1440. The third kappa shape index (κ3) is 4.68. The average molecular weight is 461 g/mol. The monoisotopic (exact) mass is 460 g/mol. The van der Waals surface area contributed by atoms with Crippen LogP contribution in [-0.2, 0) is 11.3 Å². The van der Waals surface area contributed by atoms with E-state index in [0.29, 0.717) is 27.8 Å². The van der Waals surface area contributed by atoms with Crippen molar-refractivity contribution in [1.82, 2.24) is 14.6 Å². The summed E-state index contributed by atoms with van der Waals surface area (Å²) in [5.74, 6) is -0.417. The van der Waals surface area contributed by atoms with Crippen LogP contribution in [0.3, 0.4) is 0 Å². The highest BCUT2D eigenvalue weighted by atomic mass is 32.1. The molecule has 1 fully saturated rings. The fourth-order valence-electron chi connectivity index (χ4n) is 3.38. The van der Waals surface area contributed by atoms with Gasteiger partial charge < -0.3 is 10.1 Å². The van der Waals surface area contributed by atoms with E-state index in [0.717, 1.165) is 23.4 Å². The van der Waals surface area contributed by atoms with Gasteiger partial charge in [0.2, 0.25) is 4.96 Å². The van der Waals surface area contributed by atoms with Crippen LogP contribution in [0.1, 0.15) is 55.7 Å². The van der Waals surface area contributed by atoms with Crippen LogP contribution >= 0.6 is 11.3 Å². The van der Waals surface area contributed by atoms with Crippen LogP contribution in [0, 0.1) is 6.92 Å². The third-order valence-corrected chi connectivity index (χ3v) is 6.30. The topological polar surface area (TPSA) is 103 Å². The van der Waals surface area contributed by atoms with E-state index in [1.165, 1.54) is 21.9 Å². The molecule has 5 rings (SSSR count). The normalized spacial score (nSPS) is 13.1. The zero-order valence-electron chi connectivity index (χ0n) is 17.8. The second kappa shape index (κ2) is 8.59. The van der Waals surface area contributed by atoms with Gasteiger partial charge in [-0.05, 0) is 50.1 Å². The largest absolute Gasteiger partial charge is 0.456 e. The minimum absolute atomic E-state index is 0.138. The molecule has 0 radical (unpaired) electrons. The van der Waals surface area contributed by atoms with Gasteiger partial charge in [-0.15, -0.1) is 0 Å². The Kier molecular flexibility index (Phi) is 5.47. The molecule has 0 unspecified atom stereocenters. The molecule has 0 aliphatic heterocycles. The van der Waals surface area contributed by atoms with Crippen LogP contribution < -0.4 is 10.9 Å². The van der Waals surface area contributed by atoms with Crippen molar-refractivity contribution in [3.63, 3.8) is 0 Å². The molecule has 1 amide bonds. The average Bonchev–Trinajstić information content (AvgIpc) is 3.56. The number of hydrogen-bond donors (Lipinski definition) is 1. The summed E-state index contributed by atoms with van der Waals surface area (Å²) in [5, 5.41) is 8.04. The van der Waals surface area contributed by atoms with Crippen molar-refractivity contribution in [3.8, 4) is 0 Å². The number of rotatable bonds is 6. The molecule has 0 bridgehead atoms. The molecule has 2 aromatic heterocycles. The van der Waals surface area contributed by atoms with Gasteiger partial charge in [-0.2, -0.15) is 9.61 Å². The summed E-state index contributed by atoms with van der Waals surface area (Å²) in [6.45, 7) is 1.77. The van der Waals surface area contributed by atoms with E-state index in [-0.39, 0.29) is 23.6 Å². The molecule has 0 spiro atoms. The molecule has 9 heteroatoms. The standard InChI is InChI=1S/C24H20N4O4S/c1-14-4-2-5-16(10-14)21(30)25-18-7-3-6-17(11-18)23(31)32-13-19-12-20(29)28-24(26-19)33-22(27-28)15-8-9-15/h2-7,10-12,15H,8-9,13H2,1H3,(H,25,30). The van der Waals surface area contributed by atoms with Crippen LogP contribution in [0.4, 0.5) is 5.69 Å². The van der Waals surface area contributed by atoms with Crippen LogP contribution in [0.5, 0.6) is 0 Å². The minimum atomic E-state index is -0.577. The minimum Gasteiger partial charge on any atom is -0.456 e. The molecule has 8 nitrogen and oxygen atoms in total. The predicted molar refractivity (Wildman–Crippen MR) is 124 cm³/mol. The molecule has 33 heavy (non-hydrogen) atoms. The van der Waals surface area contributed by atoms with Gasteiger partial charge in [-0.1, -0.05) is 35.1 Å². The van der Waals surface area contributed by atoms with Crippen molar-refractivity contribution in [2.45, 2.75) is 32.3 Å². The lowest BCUT2D eigenvalue weighted by molar-refractivity contribution is 0.0467. The van der Waals surface area contributed by atoms with E-state index in [1.54, 1.807) is 36.4 Å². The highest BCUT2D eigenvalue weighted by Gasteiger charge is 2.28. The summed E-state index contributed by atoms with van der Waals surface area (Å²) in [5.41, 5.74) is 2.34. The fourth-order valence-corrected chi connectivity index (χ4v) is 4.47. The van der Waals surface area contributed by atoms with Crippen molar-refractivity contribution < 1.29 is 14.3 Å². The summed E-state index contributed by atoms with van der Waals surface area (Å²) in [6.07, 6.45) is 2.17. The van der Waals surface area contributed by atoms with Gasteiger partial charge in [0.15, 0.2) is 0 Å². The number of hydrogen-bond acceptors (Lipinski definition) is 7. The van der Waals surface area contributed by atoms with E-state index in [4.69, 9.17) is 4.74 Å². The van der Waals surface area contributed by atoms with Crippen molar-refractivity contribution in [2.75, 3.05) is 5.32 Å². The summed E-state index contributed by atoms with van der Waals surface area (Å²) < 4.78 is 6.66. The van der Waals surface area contributed by atoms with Gasteiger partial charge in [0.1, 0.15) is 11.6 Å². The van der Waals surface area contributed by atoms with Gasteiger partial charge in [0.25, 0.3) is 11.5 Å². The van der Waals surface area contributed by atoms with Gasteiger partial charge in [-0.3, -0.25) is 9.59 Å². The Labute approximate surface area is 192 Å². The van der Waals surface area contributed by atoms with Crippen LogP contribution in [0.15, 0.2) is 59.4 Å². The Morgan fingerprint density at radius 2 is 1.91 bits per heavy atom. The quantitative estimate of drug-likeness (QED) is 0.437. The first-order valence-electron chi connectivity index (χ1n) is 10.5. The number of aromatic nitrogens is 3. The van der Waals surface area contributed by atoms with Crippen LogP contribution in [0.2, 0.25) is 0 Å². The van der Waals surface area contributed by atoms with Gasteiger partial charge in [0, 0.05) is 23.2 Å². The SMILES string of the molecule is Cc1cccc(C(=O)Nc2cccc(C(=O)OCc3cc(=O)n4nc(C5CC5)sc4n3)c2)c1. The first-order chi connectivity index (χ1) is 16.0. The van der Waals surface area contributed by atoms with Crippen molar-refractivity contribution >= 4 is 33.9 Å². The van der Waals surface area contributed by atoms with E-state index in [1.807, 2.05) is 19.1 Å². The number of nitrogens with zero attached hydrogens (tertiary/aromatic N) is 3. The summed E-state index contributed by atoms with van der Waals surface area (Å²) in [7, 11) is 0. The van der Waals surface area contributed by atoms with E-state index < -0.39 is 5.97 Å². The molecule has 2 aromatic carbocycles. The molecule has 1 N–H and O–H groups in total. The zero-order valence-corrected chi connectivity index (χ0v) is 18.6. The maximum absolute atomic E-state index is 12.6. The molecule has 1 saturated carbocycles. The second-order valence-electron chi connectivity index (χ2n) is 7.98. The Balaban J connectivity index is 1.26. The second-order valence-corrected chi connectivity index (χ2v) is 8.96. The van der Waals surface area contributed by atoms with E-state index in [2.05, 4.69) is 15.4 Å². The Morgan fingerprint density at radius 1 is 1.12 bits per heavy atom. The lowest BCUT2D eigenvalue weighted by atomic mass is 10.1. The van der Waals surface area contributed by atoms with Gasteiger partial charge >= 0.3 is 5.97 Å². The zero-order chi connectivity index (χ0) is 22.9. The molecular weight excluding hydrogens is 440 g/mol. The molecule has 4 aromatic rings. The number of aryl methyl sites for hydroxylation is 1. The van der Waals surface area contributed by atoms with E-state index >= 15 is 0 Å². The lowest BCUT2D eigenvalue weighted by Crippen LogP contribution is -2.17. The molecule has 2 heterocycles. The number of esters is 1. The molecular formula is C24H20N4O4S. The molecule has 0 saturated heterocycles. The van der Waals surface area contributed by atoms with Crippen LogP contribution in [0.25, 0.3) is 4.96 Å². The number of fused-ring (bicyclic) bond motifs is 1. The number of nitrogens with one attached hydrogen (secondary N) is 1. The number of carbonyl (C=O) groups is 2. The Hall–Kier alpha value is -3.85. The maximum atomic E-state index is 12.6. The Morgan fingerprint density at radius 3 is 2.70 bits per heavy atom. The number of benzene rings is 2. The predicted octanol–water partition coefficient (Wildman–Crippen LogP) is 3.95. The van der Waals surface area contributed by atoms with E-state index in [9.17, 15) is 14.4 Å². The first-order valence-corrected chi connectivity index (χ1v) is 11.3. The highest BCUT2D eigenvalue weighted by Crippen LogP contribution is 2.41. The lowest BCUT2D eigenvalue weighted by Gasteiger charge is -2.08. The van der Waals surface area contributed by atoms with Gasteiger partial charge in [0.05, 0.1) is 11.3 Å². The van der Waals surface area contributed by atoms with Gasteiger partial charge in [-0.25, -0.2) is 9.78 Å². The number of anilines is 1. The fraction of sp³-hybridized carbons (Fsp3) is 0.208. The number of ether oxygens (including phenoxy) is 1. The molecule has 1 aliphatic carbocycles. The summed E-state index contributed by atoms with van der Waals surface area (Å²) in [4.78, 5) is 42.3. The molecule has 166 valence electrons. The summed E-state index contributed by atoms with van der Waals surface area (Å²) >= 11 is 1.39. The molecule has 1 aliphatic rings.